The van der Waals surface area contributed by atoms with E-state index in [2.05, 4.69) is 16.8 Å². The molecular weight excluding hydrogens is 172 g/mol. The van der Waals surface area contributed by atoms with Crippen LogP contribution in [0.5, 0.6) is 5.88 Å². The highest BCUT2D eigenvalue weighted by molar-refractivity contribution is 5.89. The Labute approximate surface area is 74.7 Å². The normalized spacial score (nSPS) is 9.23. The van der Waals surface area contributed by atoms with Crippen LogP contribution in [-0.2, 0) is 0 Å². The van der Waals surface area contributed by atoms with Crippen LogP contribution >= 0.6 is 0 Å². The van der Waals surface area contributed by atoms with Crippen LogP contribution in [0.4, 0.5) is 0 Å². The Morgan fingerprint density at radius 3 is 3.15 bits per heavy atom. The van der Waals surface area contributed by atoms with Crippen molar-refractivity contribution in [1.29, 1.82) is 0 Å². The molecule has 1 aromatic heterocycles. The average Bonchev–Trinajstić information content (AvgIpc) is 2.15. The molecule has 1 rings (SSSR count). The van der Waals surface area contributed by atoms with Crippen LogP contribution in [0.2, 0.25) is 0 Å². The van der Waals surface area contributed by atoms with Crippen molar-refractivity contribution in [2.24, 2.45) is 0 Å². The smallest absolute Gasteiger partial charge is 0.341 e. The van der Waals surface area contributed by atoms with Crippen LogP contribution in [0.3, 0.4) is 0 Å². The molecule has 0 saturated heterocycles. The zero-order valence-corrected chi connectivity index (χ0v) is 6.80. The molecule has 0 spiro atoms. The first-order valence-electron chi connectivity index (χ1n) is 3.54. The lowest BCUT2D eigenvalue weighted by molar-refractivity contribution is 0.0691. The van der Waals surface area contributed by atoms with Crippen LogP contribution < -0.4 is 4.74 Å². The molecule has 13 heavy (non-hydrogen) atoms. The van der Waals surface area contributed by atoms with Crippen LogP contribution in [0, 0.1) is 0 Å². The first-order valence-corrected chi connectivity index (χ1v) is 3.54. The molecule has 0 atom stereocenters. The number of aromatic nitrogens is 2. The predicted molar refractivity (Wildman–Crippen MR) is 44.7 cm³/mol. The number of aromatic carboxylic acids is 1. The first kappa shape index (κ1) is 9.18. The number of hydrogen-bond acceptors (Lipinski definition) is 4. The van der Waals surface area contributed by atoms with Crippen molar-refractivity contribution in [1.82, 2.24) is 10.2 Å². The average molecular weight is 180 g/mol. The second-order valence-corrected chi connectivity index (χ2v) is 2.15. The molecule has 0 bridgehead atoms. The Morgan fingerprint density at radius 2 is 2.54 bits per heavy atom. The SMILES string of the molecule is C=CCOc1nnccc1C(=O)O. The summed E-state index contributed by atoms with van der Waals surface area (Å²) in [5.74, 6) is -1.08. The third-order valence-corrected chi connectivity index (χ3v) is 1.26. The Hall–Kier alpha value is -1.91. The molecule has 0 saturated carbocycles. The van der Waals surface area contributed by atoms with E-state index in [0.29, 0.717) is 0 Å². The summed E-state index contributed by atoms with van der Waals surface area (Å²) >= 11 is 0. The van der Waals surface area contributed by atoms with Gasteiger partial charge < -0.3 is 9.84 Å². The van der Waals surface area contributed by atoms with Crippen molar-refractivity contribution in [2.75, 3.05) is 6.61 Å². The highest BCUT2D eigenvalue weighted by atomic mass is 16.5. The molecule has 0 aliphatic heterocycles. The lowest BCUT2D eigenvalue weighted by atomic mass is 10.3. The molecule has 68 valence electrons. The maximum atomic E-state index is 10.6. The fourth-order valence-electron chi connectivity index (χ4n) is 0.726. The summed E-state index contributed by atoms with van der Waals surface area (Å²) in [4.78, 5) is 10.6. The number of hydrogen-bond donors (Lipinski definition) is 1. The van der Waals surface area contributed by atoms with E-state index < -0.39 is 5.97 Å². The van der Waals surface area contributed by atoms with Gasteiger partial charge in [0.1, 0.15) is 12.2 Å². The minimum Gasteiger partial charge on any atom is -0.477 e. The number of nitrogens with zero attached hydrogens (tertiary/aromatic N) is 2. The van der Waals surface area contributed by atoms with E-state index in [1.165, 1.54) is 18.3 Å². The van der Waals surface area contributed by atoms with Crippen molar-refractivity contribution in [3.63, 3.8) is 0 Å². The van der Waals surface area contributed by atoms with Gasteiger partial charge in [-0.15, -0.1) is 5.10 Å². The van der Waals surface area contributed by atoms with E-state index in [0.717, 1.165) is 0 Å². The molecule has 5 heteroatoms. The summed E-state index contributed by atoms with van der Waals surface area (Å²) in [6.45, 7) is 3.64. The van der Waals surface area contributed by atoms with Crippen molar-refractivity contribution < 1.29 is 14.6 Å². The summed E-state index contributed by atoms with van der Waals surface area (Å²) in [6.07, 6.45) is 2.80. The Bertz CT molecular complexity index is 325. The van der Waals surface area contributed by atoms with E-state index in [4.69, 9.17) is 9.84 Å². The minimum atomic E-state index is -1.09. The molecular formula is C8H8N2O3. The molecule has 1 aromatic rings. The van der Waals surface area contributed by atoms with Crippen molar-refractivity contribution in [3.8, 4) is 5.88 Å². The Morgan fingerprint density at radius 1 is 1.77 bits per heavy atom. The van der Waals surface area contributed by atoms with Crippen molar-refractivity contribution in [3.05, 3.63) is 30.5 Å². The number of carbonyl (C=O) groups is 1. The Balaban J connectivity index is 2.90. The molecule has 0 aliphatic rings. The van der Waals surface area contributed by atoms with Crippen molar-refractivity contribution in [2.45, 2.75) is 0 Å². The fourth-order valence-corrected chi connectivity index (χ4v) is 0.726. The lowest BCUT2D eigenvalue weighted by Gasteiger charge is -2.02. The zero-order valence-electron chi connectivity index (χ0n) is 6.80. The van der Waals surface area contributed by atoms with E-state index in [1.807, 2.05) is 0 Å². The van der Waals surface area contributed by atoms with Gasteiger partial charge in [-0.3, -0.25) is 0 Å². The standard InChI is InChI=1S/C8H8N2O3/c1-2-5-13-7-6(8(11)12)3-4-9-10-7/h2-4H,1,5H2,(H,11,12). The number of ether oxygens (including phenoxy) is 1. The third kappa shape index (κ3) is 2.26. The molecule has 1 N–H and O–H groups in total. The van der Waals surface area contributed by atoms with Gasteiger partial charge in [0.15, 0.2) is 0 Å². The summed E-state index contributed by atoms with van der Waals surface area (Å²) in [5.41, 5.74) is -0.00292. The van der Waals surface area contributed by atoms with Gasteiger partial charge in [-0.05, 0) is 6.07 Å². The van der Waals surface area contributed by atoms with Gasteiger partial charge in [0.05, 0.1) is 6.20 Å². The van der Waals surface area contributed by atoms with Crippen LogP contribution in [0.1, 0.15) is 10.4 Å². The quantitative estimate of drug-likeness (QED) is 0.692. The number of carboxylic acid groups (broad SMARTS) is 1. The van der Waals surface area contributed by atoms with Gasteiger partial charge in [0, 0.05) is 0 Å². The Kier molecular flexibility index (Phi) is 2.97. The van der Waals surface area contributed by atoms with Gasteiger partial charge in [-0.1, -0.05) is 12.7 Å². The maximum Gasteiger partial charge on any atom is 0.341 e. The monoisotopic (exact) mass is 180 g/mol. The number of rotatable bonds is 4. The molecule has 5 nitrogen and oxygen atoms in total. The predicted octanol–water partition coefficient (Wildman–Crippen LogP) is 0.740. The summed E-state index contributed by atoms with van der Waals surface area (Å²) in [6, 6.07) is 1.33. The second kappa shape index (κ2) is 4.20. The molecule has 0 aliphatic carbocycles. The number of carboxylic acids is 1. The minimum absolute atomic E-state index is 0.00292. The van der Waals surface area contributed by atoms with Gasteiger partial charge in [0.25, 0.3) is 0 Å². The molecule has 1 heterocycles. The van der Waals surface area contributed by atoms with E-state index in [9.17, 15) is 4.79 Å². The third-order valence-electron chi connectivity index (χ3n) is 1.26. The first-order chi connectivity index (χ1) is 6.25. The summed E-state index contributed by atoms with van der Waals surface area (Å²) in [5, 5.41) is 15.7. The van der Waals surface area contributed by atoms with Crippen LogP contribution in [0.15, 0.2) is 24.9 Å². The lowest BCUT2D eigenvalue weighted by Crippen LogP contribution is -2.05. The molecule has 0 fully saturated rings. The van der Waals surface area contributed by atoms with E-state index in [-0.39, 0.29) is 18.1 Å². The molecule has 0 amide bonds. The highest BCUT2D eigenvalue weighted by Crippen LogP contribution is 2.12. The van der Waals surface area contributed by atoms with Gasteiger partial charge in [-0.2, -0.15) is 5.10 Å². The molecule has 0 radical (unpaired) electrons. The van der Waals surface area contributed by atoms with Gasteiger partial charge in [0.2, 0.25) is 5.88 Å². The molecule has 0 aromatic carbocycles. The van der Waals surface area contributed by atoms with E-state index >= 15 is 0 Å². The van der Waals surface area contributed by atoms with Gasteiger partial charge >= 0.3 is 5.97 Å². The molecule has 0 unspecified atom stereocenters. The van der Waals surface area contributed by atoms with Crippen LogP contribution in [-0.4, -0.2) is 27.9 Å². The largest absolute Gasteiger partial charge is 0.477 e. The van der Waals surface area contributed by atoms with Crippen LogP contribution in [0.25, 0.3) is 0 Å². The highest BCUT2D eigenvalue weighted by Gasteiger charge is 2.11. The maximum absolute atomic E-state index is 10.6. The summed E-state index contributed by atoms with van der Waals surface area (Å²) in [7, 11) is 0. The van der Waals surface area contributed by atoms with E-state index in [1.54, 1.807) is 0 Å². The second-order valence-electron chi connectivity index (χ2n) is 2.15. The fraction of sp³-hybridized carbons (Fsp3) is 0.125. The summed E-state index contributed by atoms with van der Waals surface area (Å²) < 4.78 is 4.98. The van der Waals surface area contributed by atoms with Crippen molar-refractivity contribution >= 4 is 5.97 Å². The van der Waals surface area contributed by atoms with Gasteiger partial charge in [-0.25, -0.2) is 4.79 Å². The topological polar surface area (TPSA) is 72.3 Å². The zero-order chi connectivity index (χ0) is 9.68.